The number of pyridine rings is 1. The molecule has 1 aromatic heterocycles. The third-order valence-corrected chi connectivity index (χ3v) is 5.34. The highest BCUT2D eigenvalue weighted by molar-refractivity contribution is 5.61. The number of rotatable bonds is 5. The highest BCUT2D eigenvalue weighted by Crippen LogP contribution is 2.35. The Morgan fingerprint density at radius 1 is 1.00 bits per heavy atom. The Bertz CT molecular complexity index is 1040. The number of fused-ring (bicyclic) bond motifs is 1. The Hall–Kier alpha value is -3.16. The van der Waals surface area contributed by atoms with Crippen molar-refractivity contribution in [2.45, 2.75) is 45.4 Å². The Balaban J connectivity index is 1.75. The van der Waals surface area contributed by atoms with Crippen LogP contribution in [0.4, 0.5) is 5.82 Å². The molecule has 29 heavy (non-hydrogen) atoms. The van der Waals surface area contributed by atoms with Crippen LogP contribution in [0.25, 0.3) is 0 Å². The molecule has 4 heteroatoms. The van der Waals surface area contributed by atoms with E-state index in [-0.39, 0.29) is 5.60 Å². The van der Waals surface area contributed by atoms with Crippen molar-refractivity contribution in [1.29, 1.82) is 5.26 Å². The molecule has 0 atom stereocenters. The molecule has 0 saturated carbocycles. The topological polar surface area (TPSA) is 57.9 Å². The van der Waals surface area contributed by atoms with Gasteiger partial charge in [-0.3, -0.25) is 0 Å². The van der Waals surface area contributed by atoms with Crippen molar-refractivity contribution in [3.8, 4) is 6.07 Å². The largest absolute Gasteiger partial charge is 0.370 e. The summed E-state index contributed by atoms with van der Waals surface area (Å²) in [6.07, 6.45) is 1.42. The zero-order valence-electron chi connectivity index (χ0n) is 16.9. The third-order valence-electron chi connectivity index (χ3n) is 5.34. The number of nitriles is 1. The van der Waals surface area contributed by atoms with E-state index >= 15 is 0 Å². The lowest BCUT2D eigenvalue weighted by atomic mass is 9.87. The molecule has 0 unspecified atom stereocenters. The van der Waals surface area contributed by atoms with Gasteiger partial charge in [-0.05, 0) is 30.5 Å². The van der Waals surface area contributed by atoms with E-state index in [4.69, 9.17) is 9.72 Å². The zero-order chi connectivity index (χ0) is 20.3. The Labute approximate surface area is 172 Å². The molecule has 3 aromatic rings. The minimum absolute atomic E-state index is 0.291. The molecule has 1 N–H and O–H groups in total. The second kappa shape index (κ2) is 8.06. The molecular weight excluding hydrogens is 358 g/mol. The summed E-state index contributed by atoms with van der Waals surface area (Å²) in [5, 5.41) is 13.4. The number of nitrogens with zero attached hydrogens (tertiary/aromatic N) is 2. The molecule has 1 aliphatic rings. The second-order valence-electron chi connectivity index (χ2n) is 8.08. The van der Waals surface area contributed by atoms with E-state index in [1.165, 1.54) is 5.56 Å². The van der Waals surface area contributed by atoms with E-state index in [1.54, 1.807) is 0 Å². The van der Waals surface area contributed by atoms with E-state index in [2.05, 4.69) is 49.5 Å². The number of ether oxygens (including phenoxy) is 1. The van der Waals surface area contributed by atoms with Crippen molar-refractivity contribution < 1.29 is 4.74 Å². The second-order valence-corrected chi connectivity index (χ2v) is 8.08. The van der Waals surface area contributed by atoms with Gasteiger partial charge < -0.3 is 10.1 Å². The monoisotopic (exact) mass is 383 g/mol. The van der Waals surface area contributed by atoms with Crippen LogP contribution in [-0.4, -0.2) is 10.6 Å². The van der Waals surface area contributed by atoms with Gasteiger partial charge in [0.05, 0.1) is 23.5 Å². The summed E-state index contributed by atoms with van der Waals surface area (Å²) in [6, 6.07) is 22.9. The van der Waals surface area contributed by atoms with Gasteiger partial charge in [0.25, 0.3) is 0 Å². The number of hydrogen-bond acceptors (Lipinski definition) is 4. The first-order valence-electron chi connectivity index (χ1n) is 9.96. The minimum atomic E-state index is -0.291. The quantitative estimate of drug-likeness (QED) is 0.673. The maximum Gasteiger partial charge on any atom is 0.144 e. The minimum Gasteiger partial charge on any atom is -0.370 e. The van der Waals surface area contributed by atoms with Crippen LogP contribution in [0.2, 0.25) is 0 Å². The summed E-state index contributed by atoms with van der Waals surface area (Å²) in [5.41, 5.74) is 5.83. The van der Waals surface area contributed by atoms with Crippen molar-refractivity contribution in [1.82, 2.24) is 4.98 Å². The van der Waals surface area contributed by atoms with E-state index in [1.807, 2.05) is 36.4 Å². The number of benzene rings is 2. The Morgan fingerprint density at radius 2 is 1.66 bits per heavy atom. The van der Waals surface area contributed by atoms with Crippen LogP contribution in [-0.2, 0) is 30.7 Å². The summed E-state index contributed by atoms with van der Waals surface area (Å²) in [5.74, 6) is 0.665. The fourth-order valence-corrected chi connectivity index (χ4v) is 3.80. The predicted molar refractivity (Wildman–Crippen MR) is 115 cm³/mol. The molecule has 4 nitrogen and oxygen atoms in total. The number of nitrogens with one attached hydrogen (secondary N) is 1. The first kappa shape index (κ1) is 19.2. The number of hydrogen-bond donors (Lipinski definition) is 1. The summed E-state index contributed by atoms with van der Waals surface area (Å²) < 4.78 is 6.07. The summed E-state index contributed by atoms with van der Waals surface area (Å²) in [6.45, 7) is 5.27. The smallest absolute Gasteiger partial charge is 0.144 e. The van der Waals surface area contributed by atoms with Crippen LogP contribution in [0.5, 0.6) is 0 Å². The highest BCUT2D eigenvalue weighted by atomic mass is 16.5. The number of anilines is 1. The standard InChI is InChI=1S/C25H25N3O/c1-25(2)14-20-21(15-26)24(27-16-19-11-7-4-8-12-19)28-23(22(20)17-29-25)13-18-9-5-3-6-10-18/h3-12H,13-14,16-17H2,1-2H3,(H,27,28). The van der Waals surface area contributed by atoms with Gasteiger partial charge in [0.15, 0.2) is 0 Å². The van der Waals surface area contributed by atoms with Crippen LogP contribution < -0.4 is 5.32 Å². The predicted octanol–water partition coefficient (Wildman–Crippen LogP) is 5.01. The zero-order valence-corrected chi connectivity index (χ0v) is 16.9. The molecule has 4 rings (SSSR count). The first-order chi connectivity index (χ1) is 14.1. The molecule has 0 saturated heterocycles. The van der Waals surface area contributed by atoms with E-state index in [0.29, 0.717) is 31.0 Å². The molecule has 0 bridgehead atoms. The molecule has 146 valence electrons. The molecule has 0 radical (unpaired) electrons. The summed E-state index contributed by atoms with van der Waals surface area (Å²) >= 11 is 0. The summed E-state index contributed by atoms with van der Waals surface area (Å²) in [7, 11) is 0. The number of aromatic nitrogens is 1. The van der Waals surface area contributed by atoms with Crippen molar-refractivity contribution in [3.05, 3.63) is 94.2 Å². The Morgan fingerprint density at radius 3 is 2.31 bits per heavy atom. The first-order valence-corrected chi connectivity index (χ1v) is 9.96. The van der Waals surface area contributed by atoms with E-state index in [9.17, 15) is 5.26 Å². The normalized spacial score (nSPS) is 14.7. The van der Waals surface area contributed by atoms with Crippen LogP contribution in [0.3, 0.4) is 0 Å². The van der Waals surface area contributed by atoms with Gasteiger partial charge in [-0.2, -0.15) is 5.26 Å². The fourth-order valence-electron chi connectivity index (χ4n) is 3.80. The molecule has 0 fully saturated rings. The van der Waals surface area contributed by atoms with Gasteiger partial charge in [0, 0.05) is 24.9 Å². The van der Waals surface area contributed by atoms with Crippen molar-refractivity contribution in [2.24, 2.45) is 0 Å². The van der Waals surface area contributed by atoms with E-state index < -0.39 is 0 Å². The molecule has 2 heterocycles. The molecule has 2 aromatic carbocycles. The fraction of sp³-hybridized carbons (Fsp3) is 0.280. The van der Waals surface area contributed by atoms with Crippen molar-refractivity contribution >= 4 is 5.82 Å². The average molecular weight is 383 g/mol. The maximum atomic E-state index is 9.95. The lowest BCUT2D eigenvalue weighted by molar-refractivity contribution is -0.0406. The van der Waals surface area contributed by atoms with Gasteiger partial charge in [-0.25, -0.2) is 4.98 Å². The van der Waals surface area contributed by atoms with Crippen LogP contribution >= 0.6 is 0 Å². The highest BCUT2D eigenvalue weighted by Gasteiger charge is 2.31. The van der Waals surface area contributed by atoms with Gasteiger partial charge >= 0.3 is 0 Å². The van der Waals surface area contributed by atoms with Crippen LogP contribution in [0.1, 0.15) is 47.4 Å². The molecule has 0 aliphatic carbocycles. The summed E-state index contributed by atoms with van der Waals surface area (Å²) in [4.78, 5) is 4.90. The van der Waals surface area contributed by atoms with Gasteiger partial charge in [0.1, 0.15) is 11.9 Å². The van der Waals surface area contributed by atoms with E-state index in [0.717, 1.165) is 28.8 Å². The van der Waals surface area contributed by atoms with Crippen molar-refractivity contribution in [3.63, 3.8) is 0 Å². The molecule has 1 aliphatic heterocycles. The lowest BCUT2D eigenvalue weighted by Gasteiger charge is -2.33. The Kier molecular flexibility index (Phi) is 5.33. The molecule has 0 spiro atoms. The van der Waals surface area contributed by atoms with Crippen molar-refractivity contribution in [2.75, 3.05) is 5.32 Å². The van der Waals surface area contributed by atoms with Gasteiger partial charge in [-0.15, -0.1) is 0 Å². The SMILES string of the molecule is CC1(C)Cc2c(C#N)c(NCc3ccccc3)nc(Cc3ccccc3)c2CO1. The lowest BCUT2D eigenvalue weighted by Crippen LogP contribution is -2.33. The van der Waals surface area contributed by atoms with Crippen LogP contribution in [0.15, 0.2) is 60.7 Å². The molecular formula is C25H25N3O. The molecule has 0 amide bonds. The van der Waals surface area contributed by atoms with Gasteiger partial charge in [0.2, 0.25) is 0 Å². The van der Waals surface area contributed by atoms with Crippen LogP contribution in [0, 0.1) is 11.3 Å². The third kappa shape index (κ3) is 4.31. The average Bonchev–Trinajstić information content (AvgIpc) is 2.73. The maximum absolute atomic E-state index is 9.95. The van der Waals surface area contributed by atoms with Gasteiger partial charge in [-0.1, -0.05) is 60.7 Å².